The first-order valence-corrected chi connectivity index (χ1v) is 8.89. The predicted octanol–water partition coefficient (Wildman–Crippen LogP) is 3.00. The molecule has 0 bridgehead atoms. The van der Waals surface area contributed by atoms with Gasteiger partial charge in [0.25, 0.3) is 0 Å². The van der Waals surface area contributed by atoms with E-state index >= 15 is 0 Å². The lowest BCUT2D eigenvalue weighted by Gasteiger charge is -2.26. The molecule has 1 aliphatic rings. The van der Waals surface area contributed by atoms with Crippen molar-refractivity contribution in [3.63, 3.8) is 0 Å². The van der Waals surface area contributed by atoms with Crippen LogP contribution >= 0.6 is 0 Å². The van der Waals surface area contributed by atoms with E-state index < -0.39 is 8.07 Å². The number of rotatable bonds is 1. The minimum Gasteiger partial charge on any atom is -0.0860 e. The third-order valence-corrected chi connectivity index (χ3v) is 7.68. The Balaban J connectivity index is 2.24. The Labute approximate surface area is 109 Å². The van der Waals surface area contributed by atoms with Crippen LogP contribution in [0.15, 0.2) is 72.4 Å². The van der Waals surface area contributed by atoms with E-state index in [0.29, 0.717) is 0 Å². The van der Waals surface area contributed by atoms with Gasteiger partial charge in [0, 0.05) is 0 Å². The van der Waals surface area contributed by atoms with Crippen LogP contribution in [0.5, 0.6) is 0 Å². The average Bonchev–Trinajstić information content (AvgIpc) is 2.61. The fourth-order valence-corrected chi connectivity index (χ4v) is 5.92. The van der Waals surface area contributed by atoms with Crippen molar-refractivity contribution in [2.45, 2.75) is 6.55 Å². The molecule has 1 aliphatic heterocycles. The first-order valence-electron chi connectivity index (χ1n) is 6.32. The van der Waals surface area contributed by atoms with Crippen LogP contribution in [0.4, 0.5) is 0 Å². The number of fused-ring (bicyclic) bond motifs is 1. The van der Waals surface area contributed by atoms with Crippen LogP contribution in [0.25, 0.3) is 6.08 Å². The zero-order valence-corrected chi connectivity index (χ0v) is 11.5. The molecule has 0 saturated carbocycles. The molecule has 0 amide bonds. The standard InChI is InChI=1S/C17H16Si/c1-18(16-11-3-2-4-12-16)14-8-7-10-15-9-5-6-13-17(15)18/h2-14H,1H3. The second kappa shape index (κ2) is 4.43. The molecule has 2 aromatic carbocycles. The maximum Gasteiger partial charge on any atom is 0.139 e. The first kappa shape index (κ1) is 11.2. The Hall–Kier alpha value is -1.86. The highest BCUT2D eigenvalue weighted by Gasteiger charge is 2.30. The molecule has 0 aromatic heterocycles. The highest BCUT2D eigenvalue weighted by Crippen LogP contribution is 2.14. The highest BCUT2D eigenvalue weighted by molar-refractivity contribution is 7.05. The van der Waals surface area contributed by atoms with Crippen molar-refractivity contribution >= 4 is 24.5 Å². The van der Waals surface area contributed by atoms with Crippen LogP contribution in [-0.4, -0.2) is 8.07 Å². The Bertz CT molecular complexity index is 611. The van der Waals surface area contributed by atoms with Crippen molar-refractivity contribution in [1.82, 2.24) is 0 Å². The first-order chi connectivity index (χ1) is 8.81. The lowest BCUT2D eigenvalue weighted by Crippen LogP contribution is -2.55. The summed E-state index contributed by atoms with van der Waals surface area (Å²) >= 11 is 0. The number of hydrogen-bond donors (Lipinski definition) is 0. The van der Waals surface area contributed by atoms with Gasteiger partial charge in [-0.2, -0.15) is 0 Å². The molecule has 88 valence electrons. The molecular formula is C17H16Si. The van der Waals surface area contributed by atoms with Crippen LogP contribution in [0.3, 0.4) is 0 Å². The van der Waals surface area contributed by atoms with Crippen LogP contribution in [0.2, 0.25) is 6.55 Å². The van der Waals surface area contributed by atoms with Gasteiger partial charge in [0.2, 0.25) is 0 Å². The van der Waals surface area contributed by atoms with Crippen molar-refractivity contribution in [1.29, 1.82) is 0 Å². The molecule has 0 fully saturated rings. The molecule has 0 aliphatic carbocycles. The van der Waals surface area contributed by atoms with Gasteiger partial charge in [0.15, 0.2) is 0 Å². The van der Waals surface area contributed by atoms with Crippen LogP contribution < -0.4 is 10.4 Å². The maximum atomic E-state index is 2.42. The van der Waals surface area contributed by atoms with E-state index in [0.717, 1.165) is 0 Å². The molecule has 1 atom stereocenters. The van der Waals surface area contributed by atoms with E-state index in [-0.39, 0.29) is 0 Å². The molecule has 0 saturated heterocycles. The predicted molar refractivity (Wildman–Crippen MR) is 81.9 cm³/mol. The SMILES string of the molecule is C[Si]1(c2ccccc2)C=CC=Cc2ccccc21. The van der Waals surface area contributed by atoms with E-state index in [2.05, 4.69) is 85.1 Å². The Kier molecular flexibility index (Phi) is 2.77. The second-order valence-corrected chi connectivity index (χ2v) is 8.73. The summed E-state index contributed by atoms with van der Waals surface area (Å²) in [7, 11) is -1.73. The zero-order valence-electron chi connectivity index (χ0n) is 10.5. The monoisotopic (exact) mass is 248 g/mol. The van der Waals surface area contributed by atoms with Gasteiger partial charge in [-0.1, -0.05) is 90.3 Å². The molecule has 0 spiro atoms. The van der Waals surface area contributed by atoms with Crippen molar-refractivity contribution in [2.75, 3.05) is 0 Å². The molecule has 1 heterocycles. The summed E-state index contributed by atoms with van der Waals surface area (Å²) < 4.78 is 0. The molecule has 3 rings (SSSR count). The molecule has 1 unspecified atom stereocenters. The van der Waals surface area contributed by atoms with E-state index in [1.54, 1.807) is 0 Å². The minimum absolute atomic E-state index is 1.36. The smallest absolute Gasteiger partial charge is 0.0860 e. The van der Waals surface area contributed by atoms with E-state index in [9.17, 15) is 0 Å². The van der Waals surface area contributed by atoms with Crippen molar-refractivity contribution in [2.24, 2.45) is 0 Å². The van der Waals surface area contributed by atoms with E-state index in [1.807, 2.05) is 0 Å². The maximum absolute atomic E-state index is 2.42. The molecule has 18 heavy (non-hydrogen) atoms. The van der Waals surface area contributed by atoms with Gasteiger partial charge in [-0.25, -0.2) is 0 Å². The van der Waals surface area contributed by atoms with Gasteiger partial charge in [-0.15, -0.1) is 0 Å². The van der Waals surface area contributed by atoms with Crippen molar-refractivity contribution < 1.29 is 0 Å². The van der Waals surface area contributed by atoms with Gasteiger partial charge in [0.1, 0.15) is 8.07 Å². The summed E-state index contributed by atoms with van der Waals surface area (Å²) in [4.78, 5) is 0. The van der Waals surface area contributed by atoms with Crippen LogP contribution in [0.1, 0.15) is 5.56 Å². The Morgan fingerprint density at radius 1 is 0.778 bits per heavy atom. The Morgan fingerprint density at radius 2 is 1.50 bits per heavy atom. The molecule has 0 N–H and O–H groups in total. The summed E-state index contributed by atoms with van der Waals surface area (Å²) in [6.45, 7) is 2.42. The summed E-state index contributed by atoms with van der Waals surface area (Å²) in [6.07, 6.45) is 6.58. The second-order valence-electron chi connectivity index (χ2n) is 4.87. The number of benzene rings is 2. The highest BCUT2D eigenvalue weighted by atomic mass is 28.3. The minimum atomic E-state index is -1.73. The topological polar surface area (TPSA) is 0 Å². The van der Waals surface area contributed by atoms with Crippen molar-refractivity contribution in [3.8, 4) is 0 Å². The molecule has 0 nitrogen and oxygen atoms in total. The normalized spacial score (nSPS) is 21.4. The van der Waals surface area contributed by atoms with Gasteiger partial charge in [-0.3, -0.25) is 0 Å². The quantitative estimate of drug-likeness (QED) is 0.681. The third kappa shape index (κ3) is 1.77. The molecule has 0 radical (unpaired) electrons. The Morgan fingerprint density at radius 3 is 2.33 bits per heavy atom. The summed E-state index contributed by atoms with van der Waals surface area (Å²) in [5.74, 6) is 0. The third-order valence-electron chi connectivity index (χ3n) is 3.71. The molecular weight excluding hydrogens is 232 g/mol. The molecule has 2 aromatic rings. The van der Waals surface area contributed by atoms with Gasteiger partial charge < -0.3 is 0 Å². The van der Waals surface area contributed by atoms with E-state index in [4.69, 9.17) is 0 Å². The van der Waals surface area contributed by atoms with Gasteiger partial charge >= 0.3 is 0 Å². The summed E-state index contributed by atoms with van der Waals surface area (Å²) in [5.41, 5.74) is 3.78. The van der Waals surface area contributed by atoms with Gasteiger partial charge in [0.05, 0.1) is 0 Å². The average molecular weight is 248 g/mol. The lowest BCUT2D eigenvalue weighted by molar-refractivity contribution is 1.67. The van der Waals surface area contributed by atoms with Crippen LogP contribution in [0, 0.1) is 0 Å². The van der Waals surface area contributed by atoms with Crippen LogP contribution in [-0.2, 0) is 0 Å². The van der Waals surface area contributed by atoms with E-state index in [1.165, 1.54) is 15.9 Å². The summed E-state index contributed by atoms with van der Waals surface area (Å²) in [5, 5.41) is 2.97. The molecule has 1 heteroatoms. The largest absolute Gasteiger partial charge is 0.139 e. The van der Waals surface area contributed by atoms with Crippen molar-refractivity contribution in [3.05, 3.63) is 78.0 Å². The lowest BCUT2D eigenvalue weighted by atomic mass is 10.2. The zero-order chi connectivity index (χ0) is 12.4. The fourth-order valence-electron chi connectivity index (χ4n) is 2.65. The van der Waals surface area contributed by atoms with Gasteiger partial charge in [-0.05, 0) is 10.8 Å². The number of hydrogen-bond acceptors (Lipinski definition) is 0. The fraction of sp³-hybridized carbons (Fsp3) is 0.0588. The number of allylic oxidation sites excluding steroid dienone is 2. The summed E-state index contributed by atoms with van der Waals surface area (Å²) in [6, 6.07) is 19.7.